The fourth-order valence-electron chi connectivity index (χ4n) is 1.44. The summed E-state index contributed by atoms with van der Waals surface area (Å²) in [6.45, 7) is 0.986. The van der Waals surface area contributed by atoms with Crippen LogP contribution in [0.2, 0.25) is 0 Å². The highest BCUT2D eigenvalue weighted by atomic mass is 16.4. The number of carboxylic acid groups (broad SMARTS) is 1. The summed E-state index contributed by atoms with van der Waals surface area (Å²) in [5.41, 5.74) is 4.30. The highest BCUT2D eigenvalue weighted by Gasteiger charge is 2.39. The summed E-state index contributed by atoms with van der Waals surface area (Å²) in [7, 11) is 0. The first-order chi connectivity index (χ1) is 6.95. The maximum Gasteiger partial charge on any atom is 0.305 e. The molecule has 1 aliphatic rings. The third kappa shape index (κ3) is 3.15. The molecule has 0 spiro atoms. The molecule has 1 atom stereocenters. The van der Waals surface area contributed by atoms with Crippen LogP contribution in [0.4, 0.5) is 0 Å². The van der Waals surface area contributed by atoms with Crippen LogP contribution in [0.1, 0.15) is 6.42 Å². The lowest BCUT2D eigenvalue weighted by molar-refractivity contribution is -0.139. The van der Waals surface area contributed by atoms with E-state index >= 15 is 0 Å². The molecular formula is C8H15N3O4. The van der Waals surface area contributed by atoms with Gasteiger partial charge in [-0.25, -0.2) is 0 Å². The van der Waals surface area contributed by atoms with Crippen LogP contribution in [0.5, 0.6) is 0 Å². The first-order valence-corrected chi connectivity index (χ1v) is 4.60. The number of aliphatic hydroxyl groups is 1. The molecule has 1 fully saturated rings. The highest BCUT2D eigenvalue weighted by Crippen LogP contribution is 2.15. The van der Waals surface area contributed by atoms with Crippen LogP contribution in [0.25, 0.3) is 0 Å². The Morgan fingerprint density at radius 2 is 2.13 bits per heavy atom. The lowest BCUT2D eigenvalue weighted by Crippen LogP contribution is -2.69. The van der Waals surface area contributed by atoms with Gasteiger partial charge >= 0.3 is 5.97 Å². The number of aliphatic hydroxyl groups excluding tert-OH is 1. The van der Waals surface area contributed by atoms with Crippen molar-refractivity contribution in [2.24, 2.45) is 5.73 Å². The number of carbonyl (C=O) groups excluding carboxylic acids is 1. The zero-order valence-corrected chi connectivity index (χ0v) is 8.19. The van der Waals surface area contributed by atoms with Gasteiger partial charge in [0.05, 0.1) is 12.0 Å². The van der Waals surface area contributed by atoms with Gasteiger partial charge in [0, 0.05) is 19.6 Å². The fourth-order valence-corrected chi connectivity index (χ4v) is 1.44. The molecule has 7 heteroatoms. The van der Waals surface area contributed by atoms with Gasteiger partial charge in [-0.2, -0.15) is 0 Å². The van der Waals surface area contributed by atoms with Gasteiger partial charge in [-0.05, 0) is 0 Å². The van der Waals surface area contributed by atoms with Gasteiger partial charge in [0.25, 0.3) is 0 Å². The fraction of sp³-hybridized carbons (Fsp3) is 0.750. The molecule has 1 unspecified atom stereocenters. The van der Waals surface area contributed by atoms with Gasteiger partial charge in [-0.1, -0.05) is 0 Å². The van der Waals surface area contributed by atoms with E-state index in [1.807, 2.05) is 0 Å². The molecule has 86 valence electrons. The Morgan fingerprint density at radius 1 is 1.53 bits per heavy atom. The molecular weight excluding hydrogens is 202 g/mol. The number of β-amino-alcohol motifs (C(OH)–C–C–N with tert-alkyl or cyclic N) is 1. The minimum absolute atomic E-state index is 0.0235. The summed E-state index contributed by atoms with van der Waals surface area (Å²) in [5.74, 6) is -1.74. The van der Waals surface area contributed by atoms with Crippen LogP contribution in [0, 0.1) is 0 Å². The van der Waals surface area contributed by atoms with E-state index in [1.54, 1.807) is 0 Å². The predicted octanol–water partition coefficient (Wildman–Crippen LogP) is -2.76. The van der Waals surface area contributed by atoms with E-state index in [2.05, 4.69) is 10.6 Å². The predicted molar refractivity (Wildman–Crippen MR) is 51.1 cm³/mol. The number of hydrogen-bond donors (Lipinski definition) is 5. The second kappa shape index (κ2) is 4.56. The number of primary amides is 1. The quantitative estimate of drug-likeness (QED) is 0.328. The Hall–Kier alpha value is -1.18. The van der Waals surface area contributed by atoms with Crippen molar-refractivity contribution in [3.63, 3.8) is 0 Å². The Kier molecular flexibility index (Phi) is 3.61. The topological polar surface area (TPSA) is 125 Å². The Balaban J connectivity index is 2.40. The smallest absolute Gasteiger partial charge is 0.305 e. The molecule has 0 saturated carbocycles. The number of rotatable bonds is 6. The van der Waals surface area contributed by atoms with Crippen molar-refractivity contribution in [3.05, 3.63) is 0 Å². The number of amides is 1. The summed E-state index contributed by atoms with van der Waals surface area (Å²) < 4.78 is 0. The monoisotopic (exact) mass is 217 g/mol. The van der Waals surface area contributed by atoms with E-state index in [9.17, 15) is 9.59 Å². The van der Waals surface area contributed by atoms with E-state index in [0.717, 1.165) is 0 Å². The molecule has 0 aromatic rings. The van der Waals surface area contributed by atoms with Crippen LogP contribution in [-0.2, 0) is 9.59 Å². The highest BCUT2D eigenvalue weighted by molar-refractivity contribution is 5.78. The van der Waals surface area contributed by atoms with Crippen LogP contribution in [-0.4, -0.2) is 53.4 Å². The van der Waals surface area contributed by atoms with Crippen LogP contribution in [0.15, 0.2) is 0 Å². The van der Waals surface area contributed by atoms with Gasteiger partial charge in [0.15, 0.2) is 0 Å². The van der Waals surface area contributed by atoms with Crippen LogP contribution in [0.3, 0.4) is 0 Å². The zero-order chi connectivity index (χ0) is 11.5. The number of hydrogen-bond acceptors (Lipinski definition) is 5. The minimum atomic E-state index is -1.28. The number of nitrogens with two attached hydrogens (primary N) is 1. The Bertz CT molecular complexity index is 265. The first kappa shape index (κ1) is 11.9. The second-order valence-corrected chi connectivity index (χ2v) is 3.75. The summed E-state index contributed by atoms with van der Waals surface area (Å²) in [6, 6.07) is 0. The normalized spacial score (nSPS) is 20.3. The summed E-state index contributed by atoms with van der Waals surface area (Å²) in [6.07, 6.45) is -1.33. The number of carboxylic acids is 1. The van der Waals surface area contributed by atoms with E-state index in [1.165, 1.54) is 0 Å². The van der Waals surface area contributed by atoms with Crippen molar-refractivity contribution < 1.29 is 19.8 Å². The number of nitrogens with one attached hydrogen (secondary N) is 2. The van der Waals surface area contributed by atoms with Gasteiger partial charge in [0.2, 0.25) is 5.91 Å². The standard InChI is InChI=1S/C8H15N3O4/c9-7(15)5(12)2-11-8(1-6(13)14)3-10-4-8/h5,10-12H,1-4H2,(H2,9,15)(H,13,14). The van der Waals surface area contributed by atoms with Crippen molar-refractivity contribution in [1.29, 1.82) is 0 Å². The molecule has 1 heterocycles. The SMILES string of the molecule is NC(=O)C(O)CNC1(CC(=O)O)CNC1. The summed E-state index contributed by atoms with van der Waals surface area (Å²) in [4.78, 5) is 21.1. The van der Waals surface area contributed by atoms with Crippen molar-refractivity contribution >= 4 is 11.9 Å². The molecule has 15 heavy (non-hydrogen) atoms. The van der Waals surface area contributed by atoms with Crippen LogP contribution >= 0.6 is 0 Å². The number of carbonyl (C=O) groups is 2. The Labute approximate surface area is 86.6 Å². The summed E-state index contributed by atoms with van der Waals surface area (Å²) in [5, 5.41) is 23.6. The third-order valence-electron chi connectivity index (χ3n) is 2.42. The largest absolute Gasteiger partial charge is 0.481 e. The zero-order valence-electron chi connectivity index (χ0n) is 8.19. The average Bonchev–Trinajstić information content (AvgIpc) is 2.08. The molecule has 6 N–H and O–H groups in total. The van der Waals surface area contributed by atoms with Crippen molar-refractivity contribution in [3.8, 4) is 0 Å². The summed E-state index contributed by atoms with van der Waals surface area (Å²) >= 11 is 0. The van der Waals surface area contributed by atoms with Gasteiger partial charge in [-0.15, -0.1) is 0 Å². The molecule has 1 rings (SSSR count). The molecule has 0 aromatic carbocycles. The first-order valence-electron chi connectivity index (χ1n) is 4.60. The van der Waals surface area contributed by atoms with Gasteiger partial charge in [-0.3, -0.25) is 9.59 Å². The van der Waals surface area contributed by atoms with Crippen molar-refractivity contribution in [2.45, 2.75) is 18.1 Å². The Morgan fingerprint density at radius 3 is 2.47 bits per heavy atom. The molecule has 7 nitrogen and oxygen atoms in total. The molecule has 0 bridgehead atoms. The van der Waals surface area contributed by atoms with Gasteiger partial charge < -0.3 is 26.6 Å². The minimum Gasteiger partial charge on any atom is -0.481 e. The van der Waals surface area contributed by atoms with E-state index < -0.39 is 23.5 Å². The maximum atomic E-state index is 10.6. The van der Waals surface area contributed by atoms with Gasteiger partial charge in [0.1, 0.15) is 6.10 Å². The van der Waals surface area contributed by atoms with E-state index in [0.29, 0.717) is 13.1 Å². The second-order valence-electron chi connectivity index (χ2n) is 3.75. The van der Waals surface area contributed by atoms with Crippen molar-refractivity contribution in [2.75, 3.05) is 19.6 Å². The molecule has 0 aliphatic carbocycles. The lowest BCUT2D eigenvalue weighted by atomic mass is 9.88. The average molecular weight is 217 g/mol. The molecule has 1 amide bonds. The third-order valence-corrected chi connectivity index (χ3v) is 2.42. The van der Waals surface area contributed by atoms with E-state index in [-0.39, 0.29) is 13.0 Å². The van der Waals surface area contributed by atoms with E-state index in [4.69, 9.17) is 15.9 Å². The molecule has 1 saturated heterocycles. The number of aliphatic carboxylic acids is 1. The molecule has 1 aliphatic heterocycles. The van der Waals surface area contributed by atoms with Crippen molar-refractivity contribution in [1.82, 2.24) is 10.6 Å². The molecule has 0 aromatic heterocycles. The van der Waals surface area contributed by atoms with Crippen LogP contribution < -0.4 is 16.4 Å². The molecule has 0 radical (unpaired) electrons. The lowest BCUT2D eigenvalue weighted by Gasteiger charge is -2.42. The maximum absolute atomic E-state index is 10.6.